The van der Waals surface area contributed by atoms with Crippen LogP contribution in [0.4, 0.5) is 0 Å². The van der Waals surface area contributed by atoms with Crippen molar-refractivity contribution < 1.29 is 8.42 Å². The van der Waals surface area contributed by atoms with E-state index in [0.717, 1.165) is 19.5 Å². The normalized spacial score (nSPS) is 38.3. The average molecular weight is 176 g/mol. The molecule has 0 amide bonds. The molecule has 3 aliphatic heterocycles. The van der Waals surface area contributed by atoms with Crippen LogP contribution in [0.1, 0.15) is 6.42 Å². The highest BCUT2D eigenvalue weighted by Gasteiger charge is 2.46. The lowest BCUT2D eigenvalue weighted by Crippen LogP contribution is -2.68. The molecule has 0 aromatic heterocycles. The number of hydrogen-bond donors (Lipinski definition) is 1. The van der Waals surface area contributed by atoms with Crippen molar-refractivity contribution in [3.05, 3.63) is 0 Å². The third-order valence-electron chi connectivity index (χ3n) is 2.41. The van der Waals surface area contributed by atoms with Crippen molar-refractivity contribution in [1.82, 2.24) is 9.62 Å². The van der Waals surface area contributed by atoms with Crippen LogP contribution in [0.15, 0.2) is 0 Å². The first-order chi connectivity index (χ1) is 5.09. The standard InChI is InChI=1S/C6H12N2O2S/c1-11(9,10)8-5-2-6(8)4-7-3-5/h5-7H,2-4H2,1H3. The number of nitrogens with one attached hydrogen (secondary N) is 1. The Hall–Kier alpha value is -0.130. The SMILES string of the molecule is CS(=O)(=O)N1C2CNCC1C2. The highest BCUT2D eigenvalue weighted by molar-refractivity contribution is 7.88. The van der Waals surface area contributed by atoms with Crippen molar-refractivity contribution >= 4 is 10.0 Å². The second-order valence-corrected chi connectivity index (χ2v) is 5.18. The van der Waals surface area contributed by atoms with Crippen molar-refractivity contribution in [3.63, 3.8) is 0 Å². The van der Waals surface area contributed by atoms with Gasteiger partial charge in [-0.15, -0.1) is 0 Å². The third kappa shape index (κ3) is 1.07. The van der Waals surface area contributed by atoms with Gasteiger partial charge in [0.05, 0.1) is 6.26 Å². The fraction of sp³-hybridized carbons (Fsp3) is 1.00. The molecule has 2 unspecified atom stereocenters. The van der Waals surface area contributed by atoms with E-state index in [9.17, 15) is 8.42 Å². The van der Waals surface area contributed by atoms with Gasteiger partial charge in [0.25, 0.3) is 0 Å². The average Bonchev–Trinajstić information content (AvgIpc) is 1.85. The van der Waals surface area contributed by atoms with Gasteiger partial charge in [0.2, 0.25) is 10.0 Å². The molecule has 2 bridgehead atoms. The summed E-state index contributed by atoms with van der Waals surface area (Å²) in [6.07, 6.45) is 2.33. The molecule has 3 heterocycles. The van der Waals surface area contributed by atoms with Crippen molar-refractivity contribution in [2.75, 3.05) is 19.3 Å². The number of fused-ring (bicyclic) bond motifs is 2. The molecule has 5 heteroatoms. The summed E-state index contributed by atoms with van der Waals surface area (Å²) in [5.41, 5.74) is 0. The topological polar surface area (TPSA) is 49.4 Å². The number of hydrogen-bond acceptors (Lipinski definition) is 3. The zero-order chi connectivity index (χ0) is 8.06. The first kappa shape index (κ1) is 7.52. The van der Waals surface area contributed by atoms with E-state index in [2.05, 4.69) is 5.32 Å². The maximum absolute atomic E-state index is 11.1. The van der Waals surface area contributed by atoms with Crippen molar-refractivity contribution in [2.24, 2.45) is 0 Å². The van der Waals surface area contributed by atoms with Gasteiger partial charge in [0, 0.05) is 25.2 Å². The molecule has 3 aliphatic rings. The lowest BCUT2D eigenvalue weighted by molar-refractivity contribution is 0.0722. The van der Waals surface area contributed by atoms with Gasteiger partial charge < -0.3 is 5.32 Å². The molecule has 4 nitrogen and oxygen atoms in total. The largest absolute Gasteiger partial charge is 0.314 e. The summed E-state index contributed by atoms with van der Waals surface area (Å²) >= 11 is 0. The molecule has 0 radical (unpaired) electrons. The predicted molar refractivity (Wildman–Crippen MR) is 41.7 cm³/mol. The molecule has 3 rings (SSSR count). The molecule has 3 fully saturated rings. The maximum atomic E-state index is 11.1. The summed E-state index contributed by atoms with van der Waals surface area (Å²) in [5.74, 6) is 0. The number of piperidine rings is 1. The summed E-state index contributed by atoms with van der Waals surface area (Å²) in [7, 11) is -2.93. The van der Waals surface area contributed by atoms with Crippen LogP contribution in [0.3, 0.4) is 0 Å². The van der Waals surface area contributed by atoms with Crippen LogP contribution in [0, 0.1) is 0 Å². The van der Waals surface area contributed by atoms with E-state index in [1.54, 1.807) is 4.31 Å². The number of rotatable bonds is 1. The quantitative estimate of drug-likeness (QED) is 0.557. The molecule has 0 aromatic rings. The van der Waals surface area contributed by atoms with Crippen LogP contribution < -0.4 is 5.32 Å². The van der Waals surface area contributed by atoms with Crippen molar-refractivity contribution in [2.45, 2.75) is 18.5 Å². The van der Waals surface area contributed by atoms with E-state index in [1.165, 1.54) is 6.26 Å². The van der Waals surface area contributed by atoms with Gasteiger partial charge in [-0.2, -0.15) is 4.31 Å². The van der Waals surface area contributed by atoms with E-state index in [1.807, 2.05) is 0 Å². The minimum atomic E-state index is -2.93. The number of sulfonamides is 1. The molecule has 0 aliphatic carbocycles. The monoisotopic (exact) mass is 176 g/mol. The Balaban J connectivity index is 2.19. The summed E-state index contributed by atoms with van der Waals surface area (Å²) in [6, 6.07) is 0.479. The predicted octanol–water partition coefficient (Wildman–Crippen LogP) is -1.01. The van der Waals surface area contributed by atoms with Gasteiger partial charge in [-0.3, -0.25) is 0 Å². The molecule has 0 aromatic carbocycles. The van der Waals surface area contributed by atoms with E-state index >= 15 is 0 Å². The lowest BCUT2D eigenvalue weighted by atomic mass is 9.93. The van der Waals surface area contributed by atoms with Gasteiger partial charge in [-0.25, -0.2) is 8.42 Å². The van der Waals surface area contributed by atoms with Crippen LogP contribution in [-0.2, 0) is 10.0 Å². The van der Waals surface area contributed by atoms with Gasteiger partial charge in [-0.05, 0) is 6.42 Å². The Bertz CT molecular complexity index is 248. The summed E-state index contributed by atoms with van der Waals surface area (Å²) in [5, 5.41) is 3.18. The molecule has 2 atom stereocenters. The first-order valence-corrected chi connectivity index (χ1v) is 5.63. The Morgan fingerprint density at radius 2 is 1.91 bits per heavy atom. The van der Waals surface area contributed by atoms with Crippen LogP contribution in [0.25, 0.3) is 0 Å². The van der Waals surface area contributed by atoms with Crippen LogP contribution >= 0.6 is 0 Å². The minimum absolute atomic E-state index is 0.240. The highest BCUT2D eigenvalue weighted by atomic mass is 32.2. The molecule has 3 saturated heterocycles. The van der Waals surface area contributed by atoms with E-state index in [-0.39, 0.29) is 12.1 Å². The summed E-state index contributed by atoms with van der Waals surface area (Å²) in [4.78, 5) is 0. The zero-order valence-corrected chi connectivity index (χ0v) is 7.26. The Morgan fingerprint density at radius 1 is 1.36 bits per heavy atom. The molecule has 1 N–H and O–H groups in total. The molecule has 64 valence electrons. The molecular formula is C6H12N2O2S. The molecule has 0 spiro atoms. The molecular weight excluding hydrogens is 164 g/mol. The fourth-order valence-corrected chi connectivity index (χ4v) is 3.39. The second-order valence-electron chi connectivity index (χ2n) is 3.29. The van der Waals surface area contributed by atoms with Crippen LogP contribution in [-0.4, -0.2) is 44.2 Å². The Kier molecular flexibility index (Phi) is 1.49. The van der Waals surface area contributed by atoms with Crippen LogP contribution in [0.5, 0.6) is 0 Å². The van der Waals surface area contributed by atoms with Gasteiger partial charge in [0.1, 0.15) is 0 Å². The van der Waals surface area contributed by atoms with Gasteiger partial charge in [-0.1, -0.05) is 0 Å². The van der Waals surface area contributed by atoms with Gasteiger partial charge >= 0.3 is 0 Å². The fourth-order valence-electron chi connectivity index (χ4n) is 1.99. The van der Waals surface area contributed by atoms with Crippen LogP contribution in [0.2, 0.25) is 0 Å². The number of nitrogens with zero attached hydrogens (tertiary/aromatic N) is 1. The second kappa shape index (κ2) is 2.18. The lowest BCUT2D eigenvalue weighted by Gasteiger charge is -2.51. The first-order valence-electron chi connectivity index (χ1n) is 3.78. The minimum Gasteiger partial charge on any atom is -0.314 e. The zero-order valence-electron chi connectivity index (χ0n) is 6.45. The number of piperazine rings is 1. The Labute approximate surface area is 66.6 Å². The highest BCUT2D eigenvalue weighted by Crippen LogP contribution is 2.30. The summed E-state index contributed by atoms with van der Waals surface area (Å²) < 4.78 is 23.9. The molecule has 0 saturated carbocycles. The van der Waals surface area contributed by atoms with Crippen molar-refractivity contribution in [3.8, 4) is 0 Å². The van der Waals surface area contributed by atoms with Gasteiger partial charge in [0.15, 0.2) is 0 Å². The third-order valence-corrected chi connectivity index (χ3v) is 3.77. The Morgan fingerprint density at radius 3 is 2.18 bits per heavy atom. The smallest absolute Gasteiger partial charge is 0.211 e. The van der Waals surface area contributed by atoms with E-state index < -0.39 is 10.0 Å². The van der Waals surface area contributed by atoms with E-state index in [4.69, 9.17) is 0 Å². The van der Waals surface area contributed by atoms with E-state index in [0.29, 0.717) is 0 Å². The molecule has 11 heavy (non-hydrogen) atoms. The summed E-state index contributed by atoms with van der Waals surface area (Å²) in [6.45, 7) is 1.65. The maximum Gasteiger partial charge on any atom is 0.211 e. The van der Waals surface area contributed by atoms with Crippen molar-refractivity contribution in [1.29, 1.82) is 0 Å².